The van der Waals surface area contributed by atoms with Crippen molar-refractivity contribution in [3.05, 3.63) is 35.4 Å². The van der Waals surface area contributed by atoms with Crippen molar-refractivity contribution in [3.63, 3.8) is 0 Å². The maximum atomic E-state index is 11.1. The molecule has 0 aliphatic rings. The average Bonchev–Trinajstić information content (AvgIpc) is 2.39. The number of carbonyl (C=O) groups excluding carboxylic acids is 1. The predicted molar refractivity (Wildman–Crippen MR) is 68.9 cm³/mol. The van der Waals surface area contributed by atoms with Gasteiger partial charge in [0.25, 0.3) is 0 Å². The summed E-state index contributed by atoms with van der Waals surface area (Å²) in [4.78, 5) is 11.1. The molecule has 17 heavy (non-hydrogen) atoms. The van der Waals surface area contributed by atoms with E-state index < -0.39 is 0 Å². The van der Waals surface area contributed by atoms with Crippen molar-refractivity contribution in [2.75, 3.05) is 13.7 Å². The van der Waals surface area contributed by atoms with Crippen molar-refractivity contribution >= 4 is 5.97 Å². The molecule has 0 amide bonds. The van der Waals surface area contributed by atoms with Gasteiger partial charge in [-0.05, 0) is 24.0 Å². The molecule has 1 unspecified atom stereocenters. The van der Waals surface area contributed by atoms with Crippen molar-refractivity contribution < 1.29 is 9.53 Å². The molecule has 1 N–H and O–H groups in total. The molecule has 3 nitrogen and oxygen atoms in total. The zero-order valence-corrected chi connectivity index (χ0v) is 10.8. The molecule has 94 valence electrons. The minimum atomic E-state index is -0.228. The maximum Gasteiger partial charge on any atom is 0.319 e. The van der Waals surface area contributed by atoms with E-state index in [1.165, 1.54) is 18.2 Å². The fourth-order valence-corrected chi connectivity index (χ4v) is 1.76. The molecule has 1 atom stereocenters. The summed E-state index contributed by atoms with van der Waals surface area (Å²) in [5.41, 5.74) is 2.55. The summed E-state index contributed by atoms with van der Waals surface area (Å²) in [6.07, 6.45) is 2.00. The Balaban J connectivity index is 2.62. The van der Waals surface area contributed by atoms with Crippen LogP contribution in [0.4, 0.5) is 0 Å². The van der Waals surface area contributed by atoms with Gasteiger partial charge in [0.05, 0.1) is 13.7 Å². The zero-order chi connectivity index (χ0) is 12.7. The summed E-state index contributed by atoms with van der Waals surface area (Å²) in [6, 6.07) is 8.73. The summed E-state index contributed by atoms with van der Waals surface area (Å²) in [6.45, 7) is 4.50. The second-order valence-corrected chi connectivity index (χ2v) is 4.01. The van der Waals surface area contributed by atoms with Gasteiger partial charge in [-0.3, -0.25) is 4.79 Å². The lowest BCUT2D eigenvalue weighted by molar-refractivity contribution is -0.139. The van der Waals surface area contributed by atoms with E-state index in [1.807, 2.05) is 0 Å². The van der Waals surface area contributed by atoms with Crippen molar-refractivity contribution in [2.45, 2.75) is 32.7 Å². The lowest BCUT2D eigenvalue weighted by atomic mass is 10.0. The van der Waals surface area contributed by atoms with E-state index in [1.54, 1.807) is 0 Å². The molecule has 0 fully saturated rings. The van der Waals surface area contributed by atoms with Crippen LogP contribution in [0.2, 0.25) is 0 Å². The Bertz CT molecular complexity index is 346. The van der Waals surface area contributed by atoms with E-state index in [0.717, 1.165) is 12.8 Å². The molecule has 0 saturated heterocycles. The number of hydrogen-bond acceptors (Lipinski definition) is 3. The normalized spacial score (nSPS) is 12.2. The van der Waals surface area contributed by atoms with Gasteiger partial charge in [-0.2, -0.15) is 0 Å². The number of benzene rings is 1. The summed E-state index contributed by atoms with van der Waals surface area (Å²) >= 11 is 0. The van der Waals surface area contributed by atoms with Gasteiger partial charge in [0.2, 0.25) is 0 Å². The Labute approximate surface area is 103 Å². The largest absolute Gasteiger partial charge is 0.468 e. The van der Waals surface area contributed by atoms with Crippen LogP contribution in [0, 0.1) is 0 Å². The molecule has 0 aromatic heterocycles. The lowest BCUT2D eigenvalue weighted by Crippen LogP contribution is -2.28. The fraction of sp³-hybridized carbons (Fsp3) is 0.500. The molecule has 3 heteroatoms. The molecule has 0 bridgehead atoms. The zero-order valence-electron chi connectivity index (χ0n) is 10.8. The van der Waals surface area contributed by atoms with E-state index in [2.05, 4.69) is 48.2 Å². The summed E-state index contributed by atoms with van der Waals surface area (Å²) in [5.74, 6) is -0.228. The predicted octanol–water partition coefficient (Wildman–Crippen LogP) is 2.46. The van der Waals surface area contributed by atoms with Gasteiger partial charge in [-0.25, -0.2) is 0 Å². The van der Waals surface area contributed by atoms with Crippen LogP contribution >= 0.6 is 0 Å². The van der Waals surface area contributed by atoms with Crippen molar-refractivity contribution in [1.29, 1.82) is 0 Å². The van der Waals surface area contributed by atoms with Crippen molar-refractivity contribution in [2.24, 2.45) is 0 Å². The Morgan fingerprint density at radius 3 is 2.41 bits per heavy atom. The highest BCUT2D eigenvalue weighted by Gasteiger charge is 2.10. The Morgan fingerprint density at radius 2 is 1.94 bits per heavy atom. The van der Waals surface area contributed by atoms with Crippen molar-refractivity contribution in [3.8, 4) is 0 Å². The molecule has 0 saturated carbocycles. The van der Waals surface area contributed by atoms with Crippen LogP contribution in [0.1, 0.15) is 37.4 Å². The van der Waals surface area contributed by atoms with Crippen molar-refractivity contribution in [1.82, 2.24) is 5.32 Å². The van der Waals surface area contributed by atoms with Gasteiger partial charge in [0.1, 0.15) is 0 Å². The number of esters is 1. The van der Waals surface area contributed by atoms with Crippen LogP contribution in [-0.4, -0.2) is 19.6 Å². The molecule has 0 heterocycles. The molecule has 0 aliphatic heterocycles. The molecule has 1 rings (SSSR count). The third-order valence-corrected chi connectivity index (χ3v) is 2.92. The fourth-order valence-electron chi connectivity index (χ4n) is 1.76. The highest BCUT2D eigenvalue weighted by atomic mass is 16.5. The Kier molecular flexibility index (Phi) is 5.70. The van der Waals surface area contributed by atoms with Gasteiger partial charge in [0.15, 0.2) is 0 Å². The quantitative estimate of drug-likeness (QED) is 0.770. The minimum absolute atomic E-state index is 0.208. The van der Waals surface area contributed by atoms with E-state index in [9.17, 15) is 4.79 Å². The smallest absolute Gasteiger partial charge is 0.319 e. The maximum absolute atomic E-state index is 11.1. The second-order valence-electron chi connectivity index (χ2n) is 4.01. The Hall–Kier alpha value is -1.35. The van der Waals surface area contributed by atoms with Gasteiger partial charge in [0, 0.05) is 6.04 Å². The molecule has 0 spiro atoms. The van der Waals surface area contributed by atoms with Gasteiger partial charge >= 0.3 is 5.97 Å². The topological polar surface area (TPSA) is 38.3 Å². The average molecular weight is 235 g/mol. The lowest BCUT2D eigenvalue weighted by Gasteiger charge is -2.17. The number of aryl methyl sites for hydroxylation is 1. The van der Waals surface area contributed by atoms with E-state index in [0.29, 0.717) is 0 Å². The molecule has 0 aliphatic carbocycles. The number of methoxy groups -OCH3 is 1. The number of hydrogen-bond donors (Lipinski definition) is 1. The molecule has 1 aromatic rings. The van der Waals surface area contributed by atoms with Gasteiger partial charge < -0.3 is 10.1 Å². The third kappa shape index (κ3) is 4.19. The van der Waals surface area contributed by atoms with Crippen LogP contribution < -0.4 is 5.32 Å². The summed E-state index contributed by atoms with van der Waals surface area (Å²) < 4.78 is 4.62. The van der Waals surface area contributed by atoms with E-state index in [-0.39, 0.29) is 18.6 Å². The van der Waals surface area contributed by atoms with Crippen LogP contribution in [0.25, 0.3) is 0 Å². The first-order valence-electron chi connectivity index (χ1n) is 6.10. The summed E-state index contributed by atoms with van der Waals surface area (Å²) in [7, 11) is 1.40. The highest BCUT2D eigenvalue weighted by Crippen LogP contribution is 2.17. The number of carbonyl (C=O) groups is 1. The monoisotopic (exact) mass is 235 g/mol. The first-order chi connectivity index (χ1) is 8.21. The number of ether oxygens (including phenoxy) is 1. The summed E-state index contributed by atoms with van der Waals surface area (Å²) in [5, 5.41) is 3.20. The SMILES string of the molecule is CCc1ccc(C(CC)NCC(=O)OC)cc1. The molecular formula is C14H21NO2. The van der Waals surface area contributed by atoms with Gasteiger partial charge in [-0.1, -0.05) is 38.1 Å². The molecular weight excluding hydrogens is 214 g/mol. The minimum Gasteiger partial charge on any atom is -0.468 e. The first-order valence-corrected chi connectivity index (χ1v) is 6.10. The standard InChI is InChI=1S/C14H21NO2/c1-4-11-6-8-12(9-7-11)13(5-2)15-10-14(16)17-3/h6-9,13,15H,4-5,10H2,1-3H3. The first kappa shape index (κ1) is 13.7. The highest BCUT2D eigenvalue weighted by molar-refractivity contribution is 5.71. The Morgan fingerprint density at radius 1 is 1.29 bits per heavy atom. The van der Waals surface area contributed by atoms with Crippen LogP contribution in [0.3, 0.4) is 0 Å². The van der Waals surface area contributed by atoms with Gasteiger partial charge in [-0.15, -0.1) is 0 Å². The molecule has 1 aromatic carbocycles. The van der Waals surface area contributed by atoms with Crippen LogP contribution in [0.5, 0.6) is 0 Å². The second kappa shape index (κ2) is 7.07. The number of nitrogens with one attached hydrogen (secondary N) is 1. The van der Waals surface area contributed by atoms with E-state index in [4.69, 9.17) is 0 Å². The van der Waals surface area contributed by atoms with Crippen LogP contribution in [-0.2, 0) is 16.0 Å². The van der Waals surface area contributed by atoms with Crippen LogP contribution in [0.15, 0.2) is 24.3 Å². The third-order valence-electron chi connectivity index (χ3n) is 2.92. The molecule has 0 radical (unpaired) electrons. The van der Waals surface area contributed by atoms with E-state index >= 15 is 0 Å². The number of rotatable bonds is 6.